The Morgan fingerprint density at radius 1 is 1.04 bits per heavy atom. The predicted molar refractivity (Wildman–Crippen MR) is 204 cm³/mol. The van der Waals surface area contributed by atoms with Crippen molar-refractivity contribution >= 4 is 35.6 Å². The number of anilines is 1. The fourth-order valence-corrected chi connectivity index (χ4v) is 14.0. The zero-order valence-electron chi connectivity index (χ0n) is 31.4. The maximum absolute atomic E-state index is 16.1. The van der Waals surface area contributed by atoms with Gasteiger partial charge < -0.3 is 19.1 Å². The van der Waals surface area contributed by atoms with E-state index in [1.807, 2.05) is 37.2 Å². The number of alkyl halides is 1. The number of ether oxygens (including phenoxy) is 3. The van der Waals surface area contributed by atoms with Gasteiger partial charge in [-0.05, 0) is 65.7 Å². The van der Waals surface area contributed by atoms with Crippen molar-refractivity contribution < 1.29 is 23.0 Å². The van der Waals surface area contributed by atoms with Gasteiger partial charge in [0.2, 0.25) is 0 Å². The Balaban J connectivity index is 1.53. The van der Waals surface area contributed by atoms with Crippen LogP contribution < -0.4 is 14.4 Å². The molecule has 2 atom stereocenters. The molecule has 0 amide bonds. The fourth-order valence-electron chi connectivity index (χ4n) is 8.74. The van der Waals surface area contributed by atoms with Gasteiger partial charge in [0.1, 0.15) is 38.2 Å². The fraction of sp³-hybridized carbons (Fsp3) is 0.525. The van der Waals surface area contributed by atoms with Crippen LogP contribution in [0.25, 0.3) is 32.9 Å². The molecule has 0 bridgehead atoms. The summed E-state index contributed by atoms with van der Waals surface area (Å²) < 4.78 is 47.9. The molecule has 4 heterocycles. The minimum Gasteiger partial charge on any atom is -0.468 e. The third-order valence-electron chi connectivity index (χ3n) is 11.1. The lowest BCUT2D eigenvalue weighted by molar-refractivity contribution is 0.0512. The van der Waals surface area contributed by atoms with Gasteiger partial charge >= 0.3 is 6.01 Å². The Labute approximate surface area is 301 Å². The van der Waals surface area contributed by atoms with Gasteiger partial charge in [-0.2, -0.15) is 4.98 Å². The van der Waals surface area contributed by atoms with Crippen molar-refractivity contribution in [2.24, 2.45) is 0 Å². The second-order valence-electron chi connectivity index (χ2n) is 15.4. The Kier molecular flexibility index (Phi) is 10.6. The minimum absolute atomic E-state index is 0.0498. The molecule has 0 unspecified atom stereocenters. The first-order chi connectivity index (χ1) is 24.3. The summed E-state index contributed by atoms with van der Waals surface area (Å²) >= 11 is 0. The molecule has 2 saturated heterocycles. The topological polar surface area (TPSA) is 72.8 Å². The summed E-state index contributed by atoms with van der Waals surface area (Å²) in [5.41, 5.74) is 6.80. The van der Waals surface area contributed by atoms with E-state index in [-0.39, 0.29) is 24.2 Å². The molecular weight excluding hydrogens is 665 g/mol. The van der Waals surface area contributed by atoms with Crippen molar-refractivity contribution in [1.82, 2.24) is 19.9 Å². The van der Waals surface area contributed by atoms with Crippen LogP contribution in [0.5, 0.6) is 11.8 Å². The Morgan fingerprint density at radius 3 is 2.47 bits per heavy atom. The number of nitrogens with zero attached hydrogens (tertiary/aromatic N) is 5. The summed E-state index contributed by atoms with van der Waals surface area (Å²) in [6, 6.07) is 9.11. The molecule has 2 aliphatic heterocycles. The maximum atomic E-state index is 16.1. The normalized spacial score (nSPS) is 19.3. The minimum atomic E-state index is -2.19. The van der Waals surface area contributed by atoms with Crippen LogP contribution in [0.1, 0.15) is 66.4 Å². The molecule has 2 aromatic carbocycles. The van der Waals surface area contributed by atoms with Gasteiger partial charge in [-0.1, -0.05) is 53.5 Å². The highest BCUT2D eigenvalue weighted by molar-refractivity contribution is 6.90. The molecular formula is C40H51F2N5O3Si. The van der Waals surface area contributed by atoms with Crippen molar-refractivity contribution in [3.8, 4) is 34.5 Å². The Hall–Kier alpha value is -3.85. The largest absolute Gasteiger partial charge is 0.468 e. The summed E-state index contributed by atoms with van der Waals surface area (Å²) in [6.45, 7) is 15.2. The van der Waals surface area contributed by atoms with Crippen molar-refractivity contribution in [3.63, 3.8) is 0 Å². The van der Waals surface area contributed by atoms with E-state index in [9.17, 15) is 4.39 Å². The first-order valence-corrected chi connectivity index (χ1v) is 20.3. The molecule has 0 N–H and O–H groups in total. The lowest BCUT2D eigenvalue weighted by atomic mass is 9.95. The highest BCUT2D eigenvalue weighted by Gasteiger charge is 2.49. The lowest BCUT2D eigenvalue weighted by Crippen LogP contribution is -2.43. The molecule has 0 aliphatic carbocycles. The molecule has 8 nitrogen and oxygen atoms in total. The molecule has 6 rings (SSSR count). The number of rotatable bonds is 11. The van der Waals surface area contributed by atoms with Crippen molar-refractivity contribution in [2.75, 3.05) is 52.6 Å². The van der Waals surface area contributed by atoms with Gasteiger partial charge in [-0.3, -0.25) is 4.90 Å². The van der Waals surface area contributed by atoms with E-state index < -0.39 is 14.2 Å². The molecule has 2 fully saturated rings. The lowest BCUT2D eigenvalue weighted by Gasteiger charge is -2.38. The molecule has 272 valence electrons. The first-order valence-electron chi connectivity index (χ1n) is 18.1. The molecule has 2 aromatic heterocycles. The second-order valence-corrected chi connectivity index (χ2v) is 20.9. The quantitative estimate of drug-likeness (QED) is 0.0870. The number of halogens is 2. The van der Waals surface area contributed by atoms with Gasteiger partial charge in [0.25, 0.3) is 0 Å². The number of hydrogen-bond acceptors (Lipinski definition) is 8. The summed E-state index contributed by atoms with van der Waals surface area (Å²) in [6.07, 6.45) is 3.26. The average molecular weight is 716 g/mol. The van der Waals surface area contributed by atoms with Gasteiger partial charge in [-0.15, -0.1) is 5.54 Å². The standard InChI is InChI=1S/C40H51F2N5O3Si/c1-25(2)51(26(3)4,27(5)6)16-13-31-34(42)12-11-28-17-30(50-24-48-9)18-32(37(28)31)35-19-36-33(38(44-35)46(7)8)21-43-39(45-36)49-23-40-14-10-15-47(40)22-29(41)20-40/h11-12,17-19,21,25-27,29H,10,14-15,20,22-24H2,1-9H3/t29-,40+/m1/s1. The second kappa shape index (κ2) is 14.6. The Bertz CT molecular complexity index is 1960. The zero-order valence-corrected chi connectivity index (χ0v) is 32.4. The van der Waals surface area contributed by atoms with Crippen LogP contribution in [-0.2, 0) is 4.74 Å². The number of fused-ring (bicyclic) bond motifs is 3. The molecule has 0 spiro atoms. The molecule has 0 radical (unpaired) electrons. The molecule has 51 heavy (non-hydrogen) atoms. The van der Waals surface area contributed by atoms with Gasteiger partial charge in [-0.25, -0.2) is 18.7 Å². The highest BCUT2D eigenvalue weighted by Crippen LogP contribution is 2.43. The van der Waals surface area contributed by atoms with Crippen LogP contribution in [0.2, 0.25) is 16.6 Å². The van der Waals surface area contributed by atoms with Crippen LogP contribution in [0, 0.1) is 17.3 Å². The van der Waals surface area contributed by atoms with Crippen LogP contribution in [0.4, 0.5) is 14.6 Å². The van der Waals surface area contributed by atoms with Crippen molar-refractivity contribution in [2.45, 2.75) is 89.1 Å². The molecule has 2 aliphatic rings. The average Bonchev–Trinajstić information content (AvgIpc) is 3.61. The predicted octanol–water partition coefficient (Wildman–Crippen LogP) is 8.56. The molecule has 0 saturated carbocycles. The van der Waals surface area contributed by atoms with E-state index in [4.69, 9.17) is 24.2 Å². The molecule has 11 heteroatoms. The van der Waals surface area contributed by atoms with E-state index in [2.05, 4.69) is 62.9 Å². The van der Waals surface area contributed by atoms with Crippen molar-refractivity contribution in [1.29, 1.82) is 0 Å². The number of hydrogen-bond donors (Lipinski definition) is 0. The number of methoxy groups -OCH3 is 1. The zero-order chi connectivity index (χ0) is 36.7. The van der Waals surface area contributed by atoms with Gasteiger partial charge in [0, 0.05) is 51.3 Å². The van der Waals surface area contributed by atoms with Gasteiger partial charge in [0.05, 0.1) is 27.7 Å². The van der Waals surface area contributed by atoms with E-state index in [1.165, 1.54) is 6.07 Å². The summed E-state index contributed by atoms with van der Waals surface area (Å²) in [5, 5.41) is 2.18. The summed E-state index contributed by atoms with van der Waals surface area (Å²) in [4.78, 5) is 18.6. The highest BCUT2D eigenvalue weighted by atomic mass is 28.3. The molecule has 4 aromatic rings. The van der Waals surface area contributed by atoms with Crippen LogP contribution in [0.3, 0.4) is 0 Å². The van der Waals surface area contributed by atoms with Gasteiger partial charge in [0.15, 0.2) is 6.79 Å². The first kappa shape index (κ1) is 36.9. The smallest absolute Gasteiger partial charge is 0.316 e. The van der Waals surface area contributed by atoms with Crippen LogP contribution in [-0.4, -0.2) is 87.3 Å². The van der Waals surface area contributed by atoms with Crippen LogP contribution >= 0.6 is 0 Å². The van der Waals surface area contributed by atoms with E-state index >= 15 is 4.39 Å². The third-order valence-corrected chi connectivity index (χ3v) is 17.4. The number of aromatic nitrogens is 3. The summed E-state index contributed by atoms with van der Waals surface area (Å²) in [7, 11) is 3.21. The van der Waals surface area contributed by atoms with E-state index in [1.54, 1.807) is 19.4 Å². The van der Waals surface area contributed by atoms with Crippen molar-refractivity contribution in [3.05, 3.63) is 47.9 Å². The number of benzene rings is 2. The SMILES string of the molecule is COCOc1cc(-c2cc3nc(OC[C@@]45CCCN4C[C@H](F)C5)ncc3c(N(C)C)n2)c2c(C#C[Si](C(C)C)(C(C)C)C(C)C)c(F)ccc2c1. The monoisotopic (exact) mass is 715 g/mol. The van der Waals surface area contributed by atoms with E-state index in [0.717, 1.165) is 30.2 Å². The summed E-state index contributed by atoms with van der Waals surface area (Å²) in [5.74, 6) is 4.25. The Morgan fingerprint density at radius 2 is 1.78 bits per heavy atom. The third kappa shape index (κ3) is 6.90. The number of pyridine rings is 1. The van der Waals surface area contributed by atoms with E-state index in [0.29, 0.717) is 75.5 Å². The van der Waals surface area contributed by atoms with Crippen LogP contribution in [0.15, 0.2) is 36.5 Å². The maximum Gasteiger partial charge on any atom is 0.316 e.